The average molecular weight is 379 g/mol. The number of hydrogen-bond donors (Lipinski definition) is 2. The van der Waals surface area contributed by atoms with Crippen molar-refractivity contribution in [1.82, 2.24) is 4.98 Å². The molecule has 0 saturated carbocycles. The van der Waals surface area contributed by atoms with Crippen LogP contribution in [0, 0.1) is 6.92 Å². The van der Waals surface area contributed by atoms with Crippen molar-refractivity contribution in [1.29, 1.82) is 0 Å². The number of para-hydroxylation sites is 1. The number of carbonyl (C=O) groups excluding carboxylic acids is 1. The van der Waals surface area contributed by atoms with Crippen LogP contribution in [0.4, 0.5) is 0 Å². The van der Waals surface area contributed by atoms with Crippen LogP contribution in [0.2, 0.25) is 0 Å². The highest BCUT2D eigenvalue weighted by Gasteiger charge is 2.34. The second-order valence-electron chi connectivity index (χ2n) is 7.48. The molecule has 0 spiro atoms. The summed E-state index contributed by atoms with van der Waals surface area (Å²) in [6.07, 6.45) is 2.16. The lowest BCUT2D eigenvalue weighted by atomic mass is 10.0. The van der Waals surface area contributed by atoms with E-state index in [1.807, 2.05) is 43.3 Å². The van der Waals surface area contributed by atoms with E-state index in [4.69, 9.17) is 9.47 Å². The third kappa shape index (κ3) is 3.27. The Morgan fingerprint density at radius 3 is 2.79 bits per heavy atom. The van der Waals surface area contributed by atoms with Crippen molar-refractivity contribution in [2.75, 3.05) is 27.3 Å². The highest BCUT2D eigenvalue weighted by molar-refractivity contribution is 6.09. The van der Waals surface area contributed by atoms with Crippen LogP contribution in [-0.2, 0) is 0 Å². The molecule has 1 unspecified atom stereocenters. The van der Waals surface area contributed by atoms with Gasteiger partial charge in [-0.2, -0.15) is 0 Å². The Hall–Kier alpha value is -2.79. The lowest BCUT2D eigenvalue weighted by molar-refractivity contribution is -0.910. The summed E-state index contributed by atoms with van der Waals surface area (Å²) in [5, 5.41) is 1.02. The van der Waals surface area contributed by atoms with Crippen LogP contribution in [0.5, 0.6) is 11.5 Å². The molecule has 5 heteroatoms. The van der Waals surface area contributed by atoms with Gasteiger partial charge in [0.05, 0.1) is 31.9 Å². The summed E-state index contributed by atoms with van der Waals surface area (Å²) in [5.74, 6) is 1.81. The third-order valence-corrected chi connectivity index (χ3v) is 5.86. The van der Waals surface area contributed by atoms with Gasteiger partial charge in [0.15, 0.2) is 0 Å². The van der Waals surface area contributed by atoms with Crippen molar-refractivity contribution in [3.8, 4) is 11.5 Å². The fourth-order valence-electron chi connectivity index (χ4n) is 4.54. The normalized spacial score (nSPS) is 19.1. The Bertz CT molecular complexity index is 1010. The highest BCUT2D eigenvalue weighted by atomic mass is 16.5. The van der Waals surface area contributed by atoms with E-state index in [1.54, 1.807) is 14.2 Å². The van der Waals surface area contributed by atoms with E-state index in [0.717, 1.165) is 58.6 Å². The predicted molar refractivity (Wildman–Crippen MR) is 110 cm³/mol. The standard InChI is InChI=1S/C23H26N2O3/c1-15-23(17-7-4-5-8-19(17)24-15)21(26)14-25-12-6-9-20(25)18-11-10-16(27-2)13-22(18)28-3/h4-5,7-8,10-11,13,20,24H,6,9,12,14H2,1-3H3/p+1/t20-/m0/s1. The maximum Gasteiger partial charge on any atom is 0.219 e. The number of quaternary nitrogens is 1. The number of benzene rings is 2. The third-order valence-electron chi connectivity index (χ3n) is 5.86. The van der Waals surface area contributed by atoms with Crippen LogP contribution in [0.15, 0.2) is 42.5 Å². The van der Waals surface area contributed by atoms with E-state index in [9.17, 15) is 4.79 Å². The summed E-state index contributed by atoms with van der Waals surface area (Å²) < 4.78 is 10.9. The van der Waals surface area contributed by atoms with E-state index in [-0.39, 0.29) is 11.8 Å². The number of ketones is 1. The number of carbonyl (C=O) groups is 1. The minimum Gasteiger partial charge on any atom is -0.497 e. The molecule has 2 N–H and O–H groups in total. The van der Waals surface area contributed by atoms with E-state index in [0.29, 0.717) is 6.54 Å². The molecule has 2 heterocycles. The minimum atomic E-state index is 0.198. The van der Waals surface area contributed by atoms with Crippen molar-refractivity contribution >= 4 is 16.7 Å². The second kappa shape index (κ2) is 7.68. The largest absolute Gasteiger partial charge is 0.497 e. The van der Waals surface area contributed by atoms with E-state index < -0.39 is 0 Å². The van der Waals surface area contributed by atoms with E-state index >= 15 is 0 Å². The van der Waals surface area contributed by atoms with Crippen LogP contribution in [0.3, 0.4) is 0 Å². The molecule has 5 nitrogen and oxygen atoms in total. The van der Waals surface area contributed by atoms with Gasteiger partial charge in [-0.1, -0.05) is 18.2 Å². The summed E-state index contributed by atoms with van der Waals surface area (Å²) in [6.45, 7) is 3.46. The Morgan fingerprint density at radius 2 is 2.00 bits per heavy atom. The summed E-state index contributed by atoms with van der Waals surface area (Å²) in [5.41, 5.74) is 3.95. The number of methoxy groups -OCH3 is 2. The second-order valence-corrected chi connectivity index (χ2v) is 7.48. The molecule has 1 saturated heterocycles. The van der Waals surface area contributed by atoms with Crippen molar-refractivity contribution in [2.45, 2.75) is 25.8 Å². The van der Waals surface area contributed by atoms with Crippen LogP contribution in [0.25, 0.3) is 10.9 Å². The number of nitrogens with one attached hydrogen (secondary N) is 2. The number of likely N-dealkylation sites (tertiary alicyclic amines) is 1. The lowest BCUT2D eigenvalue weighted by Gasteiger charge is -2.23. The predicted octanol–water partition coefficient (Wildman–Crippen LogP) is 3.10. The zero-order chi connectivity index (χ0) is 19.7. The summed E-state index contributed by atoms with van der Waals surface area (Å²) in [7, 11) is 3.34. The maximum absolute atomic E-state index is 13.2. The number of aromatic amines is 1. The number of hydrogen-bond acceptors (Lipinski definition) is 3. The molecule has 146 valence electrons. The van der Waals surface area contributed by atoms with Gasteiger partial charge in [-0.25, -0.2) is 0 Å². The molecule has 28 heavy (non-hydrogen) atoms. The number of aromatic nitrogens is 1. The molecule has 2 aromatic carbocycles. The number of rotatable bonds is 6. The SMILES string of the molecule is COc1ccc([C@@H]2CCC[NH+]2CC(=O)c2c(C)[nH]c3ccccc23)c(OC)c1. The van der Waals surface area contributed by atoms with Gasteiger partial charge in [-0.05, 0) is 25.1 Å². The van der Waals surface area contributed by atoms with Gasteiger partial charge in [-0.15, -0.1) is 0 Å². The van der Waals surface area contributed by atoms with Crippen molar-refractivity contribution in [2.24, 2.45) is 0 Å². The monoisotopic (exact) mass is 379 g/mol. The van der Waals surface area contributed by atoms with Gasteiger partial charge in [0.1, 0.15) is 24.1 Å². The van der Waals surface area contributed by atoms with Gasteiger partial charge in [0.25, 0.3) is 0 Å². The zero-order valence-corrected chi connectivity index (χ0v) is 16.7. The van der Waals surface area contributed by atoms with Crippen LogP contribution in [0.1, 0.15) is 40.5 Å². The van der Waals surface area contributed by atoms with Crippen LogP contribution in [-0.4, -0.2) is 38.1 Å². The van der Waals surface area contributed by atoms with Crippen LogP contribution < -0.4 is 14.4 Å². The first-order valence-electron chi connectivity index (χ1n) is 9.79. The number of ether oxygens (including phenoxy) is 2. The molecule has 1 aliphatic heterocycles. The Kier molecular flexibility index (Phi) is 5.09. The van der Waals surface area contributed by atoms with Crippen molar-refractivity contribution in [3.63, 3.8) is 0 Å². The zero-order valence-electron chi connectivity index (χ0n) is 16.7. The number of H-pyrrole nitrogens is 1. The first-order chi connectivity index (χ1) is 13.6. The molecule has 1 aromatic heterocycles. The van der Waals surface area contributed by atoms with Gasteiger partial charge >= 0.3 is 0 Å². The first-order valence-corrected chi connectivity index (χ1v) is 9.79. The Morgan fingerprint density at radius 1 is 1.18 bits per heavy atom. The smallest absolute Gasteiger partial charge is 0.219 e. The van der Waals surface area contributed by atoms with Crippen molar-refractivity contribution in [3.05, 3.63) is 59.3 Å². The van der Waals surface area contributed by atoms with Crippen molar-refractivity contribution < 1.29 is 19.2 Å². The van der Waals surface area contributed by atoms with Gasteiger partial charge in [-0.3, -0.25) is 4.79 Å². The first kappa shape index (κ1) is 18.6. The number of Topliss-reactive ketones (excluding diaryl/α,β-unsaturated/α-hetero) is 1. The molecular weight excluding hydrogens is 352 g/mol. The van der Waals surface area contributed by atoms with Gasteiger partial charge in [0.2, 0.25) is 5.78 Å². The molecule has 1 fully saturated rings. The van der Waals surface area contributed by atoms with Gasteiger partial charge < -0.3 is 19.4 Å². The fraction of sp³-hybridized carbons (Fsp3) is 0.348. The number of fused-ring (bicyclic) bond motifs is 1. The summed E-state index contributed by atoms with van der Waals surface area (Å²) in [4.78, 5) is 17.9. The molecule has 3 aromatic rings. The quantitative estimate of drug-likeness (QED) is 0.647. The molecule has 0 bridgehead atoms. The maximum atomic E-state index is 13.2. The summed E-state index contributed by atoms with van der Waals surface area (Å²) >= 11 is 0. The molecular formula is C23H27N2O3+. The molecule has 2 atom stereocenters. The molecule has 4 rings (SSSR count). The summed E-state index contributed by atoms with van der Waals surface area (Å²) in [6, 6.07) is 14.3. The molecule has 0 aliphatic carbocycles. The van der Waals surface area contributed by atoms with Crippen LogP contribution >= 0.6 is 0 Å². The Balaban J connectivity index is 1.61. The highest BCUT2D eigenvalue weighted by Crippen LogP contribution is 2.32. The fourth-order valence-corrected chi connectivity index (χ4v) is 4.54. The average Bonchev–Trinajstić information content (AvgIpc) is 3.30. The van der Waals surface area contributed by atoms with E-state index in [2.05, 4.69) is 11.1 Å². The number of aryl methyl sites for hydroxylation is 1. The minimum absolute atomic E-state index is 0.198. The Labute approximate surface area is 165 Å². The topological polar surface area (TPSA) is 55.8 Å². The lowest BCUT2D eigenvalue weighted by Crippen LogP contribution is -3.11. The molecule has 0 radical (unpaired) electrons. The molecule has 0 amide bonds. The van der Waals surface area contributed by atoms with Gasteiger partial charge in [0, 0.05) is 35.5 Å². The molecule has 1 aliphatic rings. The van der Waals surface area contributed by atoms with E-state index in [1.165, 1.54) is 4.90 Å².